The lowest BCUT2D eigenvalue weighted by Crippen LogP contribution is -1.93. The minimum atomic E-state index is 0.0654. The molecule has 0 aromatic heterocycles. The first-order valence-electron chi connectivity index (χ1n) is 8.17. The first-order valence-corrected chi connectivity index (χ1v) is 8.98. The van der Waals surface area contributed by atoms with Crippen molar-refractivity contribution in [3.8, 4) is 11.1 Å². The van der Waals surface area contributed by atoms with Crippen molar-refractivity contribution >= 4 is 27.6 Å². The lowest BCUT2D eigenvalue weighted by atomic mass is 9.98. The summed E-state index contributed by atoms with van der Waals surface area (Å²) in [5.74, 6) is 0. The number of rotatable bonds is 3. The van der Waals surface area contributed by atoms with E-state index in [4.69, 9.17) is 0 Å². The Kier molecular flexibility index (Phi) is 4.36. The summed E-state index contributed by atoms with van der Waals surface area (Å²) in [6.45, 7) is 0. The smallest absolute Gasteiger partial charge is 0.224 e. The van der Waals surface area contributed by atoms with Gasteiger partial charge in [0.15, 0.2) is 0 Å². The second-order valence-corrected chi connectivity index (χ2v) is 6.85. The number of hydrogen-bond donors (Lipinski definition) is 0. The molecule has 4 rings (SSSR count). The maximum absolute atomic E-state index is 12.4. The summed E-state index contributed by atoms with van der Waals surface area (Å²) in [5, 5.41) is 2.51. The molecule has 1 nitrogen and oxygen atoms in total. The molecule has 0 aliphatic carbocycles. The fourth-order valence-electron chi connectivity index (χ4n) is 2.92. The van der Waals surface area contributed by atoms with Crippen molar-refractivity contribution < 1.29 is 4.79 Å². The Bertz CT molecular complexity index is 1020. The Balaban J connectivity index is 1.62. The fraction of sp³-hybridized carbons (Fsp3) is 0. The first-order chi connectivity index (χ1) is 12.3. The van der Waals surface area contributed by atoms with Crippen LogP contribution in [0.4, 0.5) is 0 Å². The normalized spacial score (nSPS) is 10.7. The largest absolute Gasteiger partial charge is 0.281 e. The molecule has 0 saturated carbocycles. The molecule has 0 fully saturated rings. The predicted octanol–water partition coefficient (Wildman–Crippen LogP) is 6.44. The third-order valence-electron chi connectivity index (χ3n) is 4.17. The zero-order valence-electron chi connectivity index (χ0n) is 13.6. The molecule has 0 amide bonds. The van der Waals surface area contributed by atoms with Crippen LogP contribution in [-0.2, 0) is 0 Å². The van der Waals surface area contributed by atoms with E-state index >= 15 is 0 Å². The van der Waals surface area contributed by atoms with Crippen molar-refractivity contribution in [1.29, 1.82) is 0 Å². The molecule has 25 heavy (non-hydrogen) atoms. The van der Waals surface area contributed by atoms with E-state index in [-0.39, 0.29) is 5.12 Å². The molecule has 0 bridgehead atoms. The minimum Gasteiger partial charge on any atom is -0.281 e. The van der Waals surface area contributed by atoms with Gasteiger partial charge in [0, 0.05) is 10.5 Å². The summed E-state index contributed by atoms with van der Waals surface area (Å²) in [6, 6.07) is 32.3. The van der Waals surface area contributed by atoms with Gasteiger partial charge in [-0.2, -0.15) is 0 Å². The average Bonchev–Trinajstić information content (AvgIpc) is 2.68. The van der Waals surface area contributed by atoms with Crippen LogP contribution in [0.2, 0.25) is 0 Å². The third-order valence-corrected chi connectivity index (χ3v) is 5.10. The van der Waals surface area contributed by atoms with Crippen LogP contribution in [0, 0.1) is 0 Å². The summed E-state index contributed by atoms with van der Waals surface area (Å²) in [5.41, 5.74) is 3.03. The molecule has 120 valence electrons. The van der Waals surface area contributed by atoms with E-state index in [0.29, 0.717) is 0 Å². The Morgan fingerprint density at radius 3 is 2.12 bits per heavy atom. The molecule has 4 aromatic carbocycles. The SMILES string of the molecule is O=C(Sc1ccccc1)c1ccc(-c2cccc3ccccc23)cc1. The van der Waals surface area contributed by atoms with Gasteiger partial charge in [0.05, 0.1) is 0 Å². The Labute approximate surface area is 151 Å². The summed E-state index contributed by atoms with van der Waals surface area (Å²) in [4.78, 5) is 13.4. The number of benzene rings is 4. The molecular formula is C23H16OS. The number of thioether (sulfide) groups is 1. The van der Waals surface area contributed by atoms with Gasteiger partial charge >= 0.3 is 0 Å². The van der Waals surface area contributed by atoms with Crippen LogP contribution >= 0.6 is 11.8 Å². The van der Waals surface area contributed by atoms with E-state index in [9.17, 15) is 4.79 Å². The molecule has 0 N–H and O–H groups in total. The van der Waals surface area contributed by atoms with Gasteiger partial charge in [0.1, 0.15) is 0 Å². The number of hydrogen-bond acceptors (Lipinski definition) is 2. The van der Waals surface area contributed by atoms with Crippen LogP contribution < -0.4 is 0 Å². The Hall–Kier alpha value is -2.84. The zero-order valence-corrected chi connectivity index (χ0v) is 14.4. The number of carbonyl (C=O) groups is 1. The van der Waals surface area contributed by atoms with Gasteiger partial charge in [-0.15, -0.1) is 0 Å². The van der Waals surface area contributed by atoms with Gasteiger partial charge in [-0.3, -0.25) is 4.79 Å². The lowest BCUT2D eigenvalue weighted by molar-refractivity contribution is 0.108. The highest BCUT2D eigenvalue weighted by Gasteiger charge is 2.09. The highest BCUT2D eigenvalue weighted by molar-refractivity contribution is 8.14. The average molecular weight is 340 g/mol. The minimum absolute atomic E-state index is 0.0654. The quantitative estimate of drug-likeness (QED) is 0.399. The van der Waals surface area contributed by atoms with E-state index in [2.05, 4.69) is 42.5 Å². The highest BCUT2D eigenvalue weighted by atomic mass is 32.2. The van der Waals surface area contributed by atoms with Crippen molar-refractivity contribution in [1.82, 2.24) is 0 Å². The third kappa shape index (κ3) is 3.35. The van der Waals surface area contributed by atoms with Crippen molar-refractivity contribution in [2.75, 3.05) is 0 Å². The van der Waals surface area contributed by atoms with Crippen LogP contribution in [0.5, 0.6) is 0 Å². The van der Waals surface area contributed by atoms with Crippen LogP contribution in [0.15, 0.2) is 102 Å². The van der Waals surface area contributed by atoms with Gasteiger partial charge in [-0.1, -0.05) is 72.8 Å². The van der Waals surface area contributed by atoms with Crippen LogP contribution in [-0.4, -0.2) is 5.12 Å². The second-order valence-electron chi connectivity index (χ2n) is 5.81. The van der Waals surface area contributed by atoms with Crippen molar-refractivity contribution in [2.24, 2.45) is 0 Å². The second kappa shape index (κ2) is 6.96. The summed E-state index contributed by atoms with van der Waals surface area (Å²) >= 11 is 1.26. The summed E-state index contributed by atoms with van der Waals surface area (Å²) in [6.07, 6.45) is 0. The molecule has 0 heterocycles. The lowest BCUT2D eigenvalue weighted by Gasteiger charge is -2.08. The molecule has 0 aliphatic heterocycles. The van der Waals surface area contributed by atoms with Crippen molar-refractivity contribution in [3.05, 3.63) is 103 Å². The van der Waals surface area contributed by atoms with Crippen molar-refractivity contribution in [3.63, 3.8) is 0 Å². The van der Waals surface area contributed by atoms with Crippen LogP contribution in [0.1, 0.15) is 10.4 Å². The van der Waals surface area contributed by atoms with Gasteiger partial charge in [-0.05, 0) is 57.9 Å². The molecule has 0 atom stereocenters. The monoisotopic (exact) mass is 340 g/mol. The molecule has 0 spiro atoms. The van der Waals surface area contributed by atoms with Gasteiger partial charge in [0.25, 0.3) is 0 Å². The van der Waals surface area contributed by atoms with Crippen LogP contribution in [0.3, 0.4) is 0 Å². The fourth-order valence-corrected chi connectivity index (χ4v) is 3.68. The first kappa shape index (κ1) is 15.7. The van der Waals surface area contributed by atoms with Gasteiger partial charge < -0.3 is 0 Å². The van der Waals surface area contributed by atoms with Gasteiger partial charge in [-0.25, -0.2) is 0 Å². The highest BCUT2D eigenvalue weighted by Crippen LogP contribution is 2.30. The number of carbonyl (C=O) groups excluding carboxylic acids is 1. The molecule has 4 aromatic rings. The predicted molar refractivity (Wildman–Crippen MR) is 106 cm³/mol. The Morgan fingerprint density at radius 1 is 0.640 bits per heavy atom. The molecule has 0 saturated heterocycles. The molecule has 0 aliphatic rings. The van der Waals surface area contributed by atoms with Crippen LogP contribution in [0.25, 0.3) is 21.9 Å². The molecule has 0 unspecified atom stereocenters. The topological polar surface area (TPSA) is 17.1 Å². The summed E-state index contributed by atoms with van der Waals surface area (Å²) < 4.78 is 0. The van der Waals surface area contributed by atoms with E-state index in [1.165, 1.54) is 28.1 Å². The standard InChI is InChI=1S/C23H16OS/c24-23(25-20-9-2-1-3-10-20)19-15-13-18(14-16-19)22-12-6-8-17-7-4-5-11-21(17)22/h1-16H. The Morgan fingerprint density at radius 2 is 1.32 bits per heavy atom. The van der Waals surface area contributed by atoms with E-state index < -0.39 is 0 Å². The maximum Gasteiger partial charge on any atom is 0.224 e. The van der Waals surface area contributed by atoms with E-state index in [1.54, 1.807) is 0 Å². The number of fused-ring (bicyclic) bond motifs is 1. The summed E-state index contributed by atoms with van der Waals surface area (Å²) in [7, 11) is 0. The van der Waals surface area contributed by atoms with Gasteiger partial charge in [0.2, 0.25) is 5.12 Å². The molecule has 2 heteroatoms. The maximum atomic E-state index is 12.4. The zero-order chi connectivity index (χ0) is 17.1. The van der Waals surface area contributed by atoms with E-state index in [0.717, 1.165) is 16.0 Å². The molecule has 0 radical (unpaired) electrons. The van der Waals surface area contributed by atoms with E-state index in [1.807, 2.05) is 54.6 Å². The van der Waals surface area contributed by atoms with Crippen molar-refractivity contribution in [2.45, 2.75) is 4.90 Å². The molecular weight excluding hydrogens is 324 g/mol.